The summed E-state index contributed by atoms with van der Waals surface area (Å²) >= 11 is 6.07. The topological polar surface area (TPSA) is 77.6 Å². The maximum absolute atomic E-state index is 13.1. The number of halogens is 3. The van der Waals surface area contributed by atoms with Gasteiger partial charge in [-0.3, -0.25) is 14.8 Å². The van der Waals surface area contributed by atoms with E-state index in [1.54, 1.807) is 4.68 Å². The fourth-order valence-corrected chi connectivity index (χ4v) is 3.58. The van der Waals surface area contributed by atoms with E-state index >= 15 is 0 Å². The van der Waals surface area contributed by atoms with Gasteiger partial charge in [-0.25, -0.2) is 18.4 Å². The zero-order chi connectivity index (χ0) is 20.5. The summed E-state index contributed by atoms with van der Waals surface area (Å²) in [5.74, 6) is -0.245. The van der Waals surface area contributed by atoms with E-state index in [1.165, 1.54) is 11.0 Å². The van der Waals surface area contributed by atoms with Crippen molar-refractivity contribution >= 4 is 23.5 Å². The van der Waals surface area contributed by atoms with Crippen LogP contribution in [0.4, 0.5) is 14.7 Å². The number of benzene rings is 1. The standard InChI is InChI=1S/C19H19ClF2N6O/c1-11-3-2-4-12(7-11)8-27-10-23-19(26-27)24-14(29)9-28-17(13-5-6-13)15(20)16(25-28)18(21)22/h2-4,7,10,13,18H,5-6,8-9H2,1H3,(H,24,26,29). The number of hydrogen-bond donors (Lipinski definition) is 1. The highest BCUT2D eigenvalue weighted by Gasteiger charge is 2.34. The molecule has 4 rings (SSSR count). The molecule has 0 aliphatic heterocycles. The molecule has 0 unspecified atom stereocenters. The summed E-state index contributed by atoms with van der Waals surface area (Å²) < 4.78 is 29.1. The van der Waals surface area contributed by atoms with Crippen molar-refractivity contribution in [3.63, 3.8) is 0 Å². The lowest BCUT2D eigenvalue weighted by Gasteiger charge is -2.06. The third-order valence-electron chi connectivity index (χ3n) is 4.64. The molecule has 0 spiro atoms. The molecule has 0 saturated heterocycles. The van der Waals surface area contributed by atoms with E-state index in [-0.39, 0.29) is 23.4 Å². The normalized spacial score (nSPS) is 13.8. The maximum Gasteiger partial charge on any atom is 0.283 e. The van der Waals surface area contributed by atoms with Crippen molar-refractivity contribution in [2.75, 3.05) is 5.32 Å². The number of hydrogen-bond acceptors (Lipinski definition) is 4. The first-order chi connectivity index (χ1) is 13.9. The van der Waals surface area contributed by atoms with Crippen LogP contribution in [0.2, 0.25) is 5.02 Å². The van der Waals surface area contributed by atoms with E-state index < -0.39 is 18.0 Å². The van der Waals surface area contributed by atoms with Gasteiger partial charge in [-0.15, -0.1) is 5.10 Å². The van der Waals surface area contributed by atoms with E-state index in [2.05, 4.69) is 20.5 Å². The Balaban J connectivity index is 1.43. The van der Waals surface area contributed by atoms with Crippen LogP contribution < -0.4 is 5.32 Å². The number of aromatic nitrogens is 5. The quantitative estimate of drug-likeness (QED) is 0.628. The van der Waals surface area contributed by atoms with E-state index in [1.807, 2.05) is 31.2 Å². The van der Waals surface area contributed by atoms with Crippen LogP contribution in [0.15, 0.2) is 30.6 Å². The Labute approximate surface area is 170 Å². The van der Waals surface area contributed by atoms with Gasteiger partial charge in [-0.05, 0) is 25.3 Å². The molecule has 1 N–H and O–H groups in total. The highest BCUT2D eigenvalue weighted by Crippen LogP contribution is 2.45. The van der Waals surface area contributed by atoms with Gasteiger partial charge in [-0.2, -0.15) is 5.10 Å². The van der Waals surface area contributed by atoms with Gasteiger partial charge in [0.25, 0.3) is 6.43 Å². The Kier molecular flexibility index (Phi) is 5.31. The van der Waals surface area contributed by atoms with Crippen molar-refractivity contribution in [3.8, 4) is 0 Å². The van der Waals surface area contributed by atoms with Gasteiger partial charge in [0.1, 0.15) is 18.6 Å². The van der Waals surface area contributed by atoms with Crippen LogP contribution in [0, 0.1) is 6.92 Å². The lowest BCUT2D eigenvalue weighted by Crippen LogP contribution is -2.21. The maximum atomic E-state index is 13.1. The number of nitrogens with zero attached hydrogens (tertiary/aromatic N) is 5. The van der Waals surface area contributed by atoms with Crippen molar-refractivity contribution in [2.45, 2.75) is 45.2 Å². The minimum Gasteiger partial charge on any atom is -0.292 e. The summed E-state index contributed by atoms with van der Waals surface area (Å²) in [7, 11) is 0. The SMILES string of the molecule is Cc1cccc(Cn2cnc(NC(=O)Cn3nc(C(F)F)c(Cl)c3C3CC3)n2)c1. The average molecular weight is 421 g/mol. The van der Waals surface area contributed by atoms with Crippen molar-refractivity contribution in [3.05, 3.63) is 58.1 Å². The first-order valence-electron chi connectivity index (χ1n) is 9.20. The fourth-order valence-electron chi connectivity index (χ4n) is 3.20. The first kappa shape index (κ1) is 19.5. The minimum atomic E-state index is -2.79. The smallest absolute Gasteiger partial charge is 0.283 e. The lowest BCUT2D eigenvalue weighted by molar-refractivity contribution is -0.117. The molecule has 2 heterocycles. The lowest BCUT2D eigenvalue weighted by atomic mass is 10.1. The van der Waals surface area contributed by atoms with Crippen LogP contribution >= 0.6 is 11.6 Å². The molecule has 2 aromatic heterocycles. The largest absolute Gasteiger partial charge is 0.292 e. The minimum absolute atomic E-state index is 0.0455. The van der Waals surface area contributed by atoms with Gasteiger partial charge in [0.05, 0.1) is 17.3 Å². The summed E-state index contributed by atoms with van der Waals surface area (Å²) in [6.45, 7) is 2.29. The van der Waals surface area contributed by atoms with E-state index in [4.69, 9.17) is 11.6 Å². The van der Waals surface area contributed by atoms with E-state index in [0.29, 0.717) is 12.2 Å². The Bertz CT molecular complexity index is 1040. The third-order valence-corrected chi connectivity index (χ3v) is 5.02. The van der Waals surface area contributed by atoms with Gasteiger partial charge in [0.2, 0.25) is 11.9 Å². The molecule has 1 aliphatic carbocycles. The number of carbonyl (C=O) groups excluding carboxylic acids is 1. The molecule has 10 heteroatoms. The van der Waals surface area contributed by atoms with E-state index in [9.17, 15) is 13.6 Å². The number of rotatable bonds is 7. The molecular formula is C19H19ClF2N6O. The fraction of sp³-hybridized carbons (Fsp3) is 0.368. The Morgan fingerprint density at radius 1 is 1.34 bits per heavy atom. The molecule has 1 saturated carbocycles. The molecule has 1 fully saturated rings. The van der Waals surface area contributed by atoms with Gasteiger partial charge < -0.3 is 0 Å². The summed E-state index contributed by atoms with van der Waals surface area (Å²) in [6, 6.07) is 7.99. The second-order valence-corrected chi connectivity index (χ2v) is 7.50. The average Bonchev–Trinajstić information content (AvgIpc) is 3.31. The molecule has 0 bridgehead atoms. The van der Waals surface area contributed by atoms with Crippen molar-refractivity contribution in [1.29, 1.82) is 0 Å². The van der Waals surface area contributed by atoms with Gasteiger partial charge >= 0.3 is 0 Å². The molecule has 29 heavy (non-hydrogen) atoms. The molecule has 1 aliphatic rings. The predicted octanol–water partition coefficient (Wildman–Crippen LogP) is 3.94. The van der Waals surface area contributed by atoms with Gasteiger partial charge in [0.15, 0.2) is 0 Å². The molecule has 152 valence electrons. The second-order valence-electron chi connectivity index (χ2n) is 7.12. The second kappa shape index (κ2) is 7.90. The summed E-state index contributed by atoms with van der Waals surface area (Å²) in [6.07, 6.45) is 0.428. The van der Waals surface area contributed by atoms with Crippen molar-refractivity contribution in [2.24, 2.45) is 0 Å². The van der Waals surface area contributed by atoms with Gasteiger partial charge in [-0.1, -0.05) is 41.4 Å². The Morgan fingerprint density at radius 3 is 2.83 bits per heavy atom. The van der Waals surface area contributed by atoms with Crippen LogP contribution in [-0.4, -0.2) is 30.5 Å². The van der Waals surface area contributed by atoms with Gasteiger partial charge in [0, 0.05) is 5.92 Å². The molecule has 0 atom stereocenters. The zero-order valence-electron chi connectivity index (χ0n) is 15.6. The molecule has 1 aromatic carbocycles. The number of nitrogens with one attached hydrogen (secondary N) is 1. The highest BCUT2D eigenvalue weighted by atomic mass is 35.5. The van der Waals surface area contributed by atoms with Crippen LogP contribution in [0.5, 0.6) is 0 Å². The van der Waals surface area contributed by atoms with Crippen LogP contribution in [-0.2, 0) is 17.9 Å². The number of carbonyl (C=O) groups is 1. The highest BCUT2D eigenvalue weighted by molar-refractivity contribution is 6.32. The Morgan fingerprint density at radius 2 is 2.14 bits per heavy atom. The van der Waals surface area contributed by atoms with Crippen LogP contribution in [0.25, 0.3) is 0 Å². The van der Waals surface area contributed by atoms with Crippen LogP contribution in [0.1, 0.15) is 47.7 Å². The number of anilines is 1. The summed E-state index contributed by atoms with van der Waals surface area (Å²) in [4.78, 5) is 16.5. The number of aryl methyl sites for hydroxylation is 1. The summed E-state index contributed by atoms with van der Waals surface area (Å²) in [5.41, 5.74) is 2.22. The third kappa shape index (κ3) is 4.45. The molecule has 7 nitrogen and oxygen atoms in total. The zero-order valence-corrected chi connectivity index (χ0v) is 16.4. The monoisotopic (exact) mass is 420 g/mol. The van der Waals surface area contributed by atoms with E-state index in [0.717, 1.165) is 24.0 Å². The number of amides is 1. The molecular weight excluding hydrogens is 402 g/mol. The Hall–Kier alpha value is -2.81. The molecule has 3 aromatic rings. The van der Waals surface area contributed by atoms with Crippen LogP contribution in [0.3, 0.4) is 0 Å². The molecule has 1 amide bonds. The summed E-state index contributed by atoms with van der Waals surface area (Å²) in [5, 5.41) is 10.6. The molecule has 0 radical (unpaired) electrons. The first-order valence-corrected chi connectivity index (χ1v) is 9.57. The number of alkyl halides is 2. The van der Waals surface area contributed by atoms with Crippen molar-refractivity contribution in [1.82, 2.24) is 24.5 Å². The predicted molar refractivity (Wildman–Crippen MR) is 103 cm³/mol. The van der Waals surface area contributed by atoms with Crippen molar-refractivity contribution < 1.29 is 13.6 Å².